The van der Waals surface area contributed by atoms with Crippen molar-refractivity contribution in [3.05, 3.63) is 35.9 Å². The maximum Gasteiger partial charge on any atom is 0.308 e. The van der Waals surface area contributed by atoms with Crippen LogP contribution < -0.4 is 0 Å². The van der Waals surface area contributed by atoms with Crippen LogP contribution >= 0.6 is 0 Å². The third-order valence-electron chi connectivity index (χ3n) is 3.46. The van der Waals surface area contributed by atoms with Gasteiger partial charge in [-0.25, -0.2) is 0 Å². The van der Waals surface area contributed by atoms with Gasteiger partial charge in [0.25, 0.3) is 0 Å². The molecule has 18 heavy (non-hydrogen) atoms. The summed E-state index contributed by atoms with van der Waals surface area (Å²) < 4.78 is 5.11. The van der Waals surface area contributed by atoms with Crippen LogP contribution in [-0.2, 0) is 16.1 Å². The van der Waals surface area contributed by atoms with Crippen molar-refractivity contribution in [2.45, 2.75) is 6.54 Å². The summed E-state index contributed by atoms with van der Waals surface area (Å²) in [6.45, 7) is 2.73. The fraction of sp³-hybridized carbons (Fsp3) is 0.500. The van der Waals surface area contributed by atoms with Crippen LogP contribution in [-0.4, -0.2) is 42.8 Å². The molecule has 1 aromatic rings. The number of ether oxygens (including phenoxy) is 1. The lowest BCUT2D eigenvalue weighted by molar-refractivity contribution is -0.143. The van der Waals surface area contributed by atoms with Gasteiger partial charge in [-0.2, -0.15) is 0 Å². The van der Waals surface area contributed by atoms with Gasteiger partial charge in [0, 0.05) is 32.7 Å². The Labute approximate surface area is 107 Å². The molecule has 1 heterocycles. The molecule has 1 saturated heterocycles. The SMILES string of the molecule is COCC1CN(Cc2ccccc2)CC1C(=O)O. The third kappa shape index (κ3) is 3.09. The molecule has 4 nitrogen and oxygen atoms in total. The van der Waals surface area contributed by atoms with E-state index in [9.17, 15) is 9.90 Å². The first-order valence-corrected chi connectivity index (χ1v) is 6.18. The van der Waals surface area contributed by atoms with Gasteiger partial charge in [0.1, 0.15) is 0 Å². The highest BCUT2D eigenvalue weighted by atomic mass is 16.5. The van der Waals surface area contributed by atoms with Crippen LogP contribution in [0.2, 0.25) is 0 Å². The van der Waals surface area contributed by atoms with E-state index in [2.05, 4.69) is 17.0 Å². The van der Waals surface area contributed by atoms with Crippen LogP contribution in [0.15, 0.2) is 30.3 Å². The van der Waals surface area contributed by atoms with Crippen molar-refractivity contribution in [2.24, 2.45) is 11.8 Å². The Balaban J connectivity index is 1.98. The van der Waals surface area contributed by atoms with Crippen molar-refractivity contribution in [1.29, 1.82) is 0 Å². The predicted octanol–water partition coefficient (Wildman–Crippen LogP) is 1.47. The normalized spacial score (nSPS) is 24.3. The van der Waals surface area contributed by atoms with Gasteiger partial charge in [0.15, 0.2) is 0 Å². The summed E-state index contributed by atoms with van der Waals surface area (Å²) in [6, 6.07) is 10.1. The Morgan fingerprint density at radius 1 is 1.39 bits per heavy atom. The molecule has 1 aliphatic rings. The van der Waals surface area contributed by atoms with Crippen LogP contribution in [0.3, 0.4) is 0 Å². The average Bonchev–Trinajstić information content (AvgIpc) is 2.74. The van der Waals surface area contributed by atoms with Crippen LogP contribution in [0, 0.1) is 11.8 Å². The molecule has 1 fully saturated rings. The minimum atomic E-state index is -0.715. The highest BCUT2D eigenvalue weighted by Crippen LogP contribution is 2.25. The lowest BCUT2D eigenvalue weighted by Crippen LogP contribution is -2.25. The van der Waals surface area contributed by atoms with E-state index in [4.69, 9.17) is 4.74 Å². The second-order valence-corrected chi connectivity index (χ2v) is 4.84. The molecule has 0 aromatic heterocycles. The number of likely N-dealkylation sites (tertiary alicyclic amines) is 1. The summed E-state index contributed by atoms with van der Waals surface area (Å²) in [7, 11) is 1.62. The first kappa shape index (κ1) is 13.1. The Kier molecular flexibility index (Phi) is 4.33. The number of methoxy groups -OCH3 is 1. The number of carboxylic acids is 1. The average molecular weight is 249 g/mol. The number of hydrogen-bond donors (Lipinski definition) is 1. The van der Waals surface area contributed by atoms with Crippen molar-refractivity contribution >= 4 is 5.97 Å². The second-order valence-electron chi connectivity index (χ2n) is 4.84. The van der Waals surface area contributed by atoms with Crippen molar-refractivity contribution in [3.8, 4) is 0 Å². The monoisotopic (exact) mass is 249 g/mol. The number of aliphatic carboxylic acids is 1. The van der Waals surface area contributed by atoms with Crippen LogP contribution in [0.1, 0.15) is 5.56 Å². The van der Waals surface area contributed by atoms with E-state index in [0.717, 1.165) is 13.1 Å². The van der Waals surface area contributed by atoms with Gasteiger partial charge >= 0.3 is 5.97 Å². The molecule has 4 heteroatoms. The van der Waals surface area contributed by atoms with E-state index in [0.29, 0.717) is 13.2 Å². The molecule has 0 amide bonds. The molecular weight excluding hydrogens is 230 g/mol. The van der Waals surface area contributed by atoms with Crippen molar-refractivity contribution in [2.75, 3.05) is 26.8 Å². The summed E-state index contributed by atoms with van der Waals surface area (Å²) in [5, 5.41) is 9.21. The van der Waals surface area contributed by atoms with Crippen molar-refractivity contribution in [1.82, 2.24) is 4.90 Å². The zero-order valence-corrected chi connectivity index (χ0v) is 10.6. The number of benzene rings is 1. The van der Waals surface area contributed by atoms with E-state index in [1.54, 1.807) is 7.11 Å². The van der Waals surface area contributed by atoms with E-state index in [-0.39, 0.29) is 11.8 Å². The molecule has 0 saturated carbocycles. The standard InChI is InChI=1S/C14H19NO3/c1-18-10-12-8-15(9-13(12)14(16)17)7-11-5-3-2-4-6-11/h2-6,12-13H,7-10H2,1H3,(H,16,17). The Hall–Kier alpha value is -1.39. The van der Waals surface area contributed by atoms with Gasteiger partial charge in [0.2, 0.25) is 0 Å². The largest absolute Gasteiger partial charge is 0.481 e. The van der Waals surface area contributed by atoms with Gasteiger partial charge in [-0.05, 0) is 5.56 Å². The number of hydrogen-bond acceptors (Lipinski definition) is 3. The fourth-order valence-corrected chi connectivity index (χ4v) is 2.59. The topological polar surface area (TPSA) is 49.8 Å². The summed E-state index contributed by atoms with van der Waals surface area (Å²) in [4.78, 5) is 13.4. The van der Waals surface area contributed by atoms with E-state index in [1.165, 1.54) is 5.56 Å². The van der Waals surface area contributed by atoms with Gasteiger partial charge < -0.3 is 9.84 Å². The zero-order valence-electron chi connectivity index (χ0n) is 10.6. The third-order valence-corrected chi connectivity index (χ3v) is 3.46. The molecule has 1 N–H and O–H groups in total. The molecule has 2 rings (SSSR count). The quantitative estimate of drug-likeness (QED) is 0.858. The lowest BCUT2D eigenvalue weighted by Gasteiger charge is -2.15. The van der Waals surface area contributed by atoms with Gasteiger partial charge in [-0.15, -0.1) is 0 Å². The number of carboxylic acid groups (broad SMARTS) is 1. The minimum Gasteiger partial charge on any atom is -0.481 e. The smallest absolute Gasteiger partial charge is 0.308 e. The van der Waals surface area contributed by atoms with Crippen molar-refractivity contribution in [3.63, 3.8) is 0 Å². The first-order chi connectivity index (χ1) is 8.70. The zero-order chi connectivity index (χ0) is 13.0. The summed E-state index contributed by atoms with van der Waals surface area (Å²) in [6.07, 6.45) is 0. The lowest BCUT2D eigenvalue weighted by atomic mass is 9.97. The molecule has 0 bridgehead atoms. The molecule has 2 atom stereocenters. The van der Waals surface area contributed by atoms with Gasteiger partial charge in [-0.3, -0.25) is 9.69 Å². The number of rotatable bonds is 5. The molecular formula is C14H19NO3. The Morgan fingerprint density at radius 2 is 2.11 bits per heavy atom. The van der Waals surface area contributed by atoms with E-state index >= 15 is 0 Å². The number of nitrogens with zero attached hydrogens (tertiary/aromatic N) is 1. The summed E-state index contributed by atoms with van der Waals surface area (Å²) >= 11 is 0. The van der Waals surface area contributed by atoms with Crippen LogP contribution in [0.25, 0.3) is 0 Å². The molecule has 2 unspecified atom stereocenters. The van der Waals surface area contributed by atoms with Gasteiger partial charge in [-0.1, -0.05) is 30.3 Å². The first-order valence-electron chi connectivity index (χ1n) is 6.18. The van der Waals surface area contributed by atoms with E-state index < -0.39 is 5.97 Å². The number of carbonyl (C=O) groups is 1. The summed E-state index contributed by atoms with van der Waals surface area (Å²) in [5.41, 5.74) is 1.22. The molecule has 0 aliphatic carbocycles. The molecule has 1 aromatic carbocycles. The van der Waals surface area contributed by atoms with E-state index in [1.807, 2.05) is 18.2 Å². The van der Waals surface area contributed by atoms with Crippen LogP contribution in [0.4, 0.5) is 0 Å². The molecule has 98 valence electrons. The minimum absolute atomic E-state index is 0.0937. The summed E-state index contributed by atoms with van der Waals surface area (Å²) in [5.74, 6) is -0.933. The Morgan fingerprint density at radius 3 is 2.72 bits per heavy atom. The maximum absolute atomic E-state index is 11.2. The highest BCUT2D eigenvalue weighted by Gasteiger charge is 2.37. The fourth-order valence-electron chi connectivity index (χ4n) is 2.59. The maximum atomic E-state index is 11.2. The molecule has 1 aliphatic heterocycles. The van der Waals surface area contributed by atoms with Crippen molar-refractivity contribution < 1.29 is 14.6 Å². The molecule has 0 radical (unpaired) electrons. The highest BCUT2D eigenvalue weighted by molar-refractivity contribution is 5.71. The van der Waals surface area contributed by atoms with Crippen LogP contribution in [0.5, 0.6) is 0 Å². The van der Waals surface area contributed by atoms with Gasteiger partial charge in [0.05, 0.1) is 12.5 Å². The Bertz CT molecular complexity index is 393. The molecule has 0 spiro atoms. The second kappa shape index (κ2) is 5.98. The predicted molar refractivity (Wildman–Crippen MR) is 68.2 cm³/mol.